The molecular weight excluding hydrogens is 292 g/mol. The number of nitrogens with one attached hydrogen (secondary N) is 1. The van der Waals surface area contributed by atoms with E-state index in [1.807, 2.05) is 36.0 Å². The first-order valence-corrected chi connectivity index (χ1v) is 7.76. The summed E-state index contributed by atoms with van der Waals surface area (Å²) in [5.74, 6) is 1.73. The van der Waals surface area contributed by atoms with Gasteiger partial charge in [0.25, 0.3) is 0 Å². The average molecular weight is 314 g/mol. The van der Waals surface area contributed by atoms with Crippen LogP contribution in [0.4, 0.5) is 0 Å². The molecule has 0 fully saturated rings. The minimum atomic E-state index is 0.0915. The fourth-order valence-corrected chi connectivity index (χ4v) is 2.91. The Balaban J connectivity index is 1.65. The van der Waals surface area contributed by atoms with Crippen molar-refractivity contribution < 1.29 is 14.3 Å². The lowest BCUT2D eigenvalue weighted by atomic mass is 10.0. The molecule has 0 aliphatic carbocycles. The number of Topliss-reactive ketones (excluding diaryl/α,β-unsaturated/α-hetero) is 1. The second kappa shape index (κ2) is 6.46. The van der Waals surface area contributed by atoms with Crippen molar-refractivity contribution in [2.45, 2.75) is 25.9 Å². The third kappa shape index (κ3) is 3.24. The first-order valence-electron chi connectivity index (χ1n) is 7.76. The molecule has 2 heterocycles. The maximum Gasteiger partial charge on any atom is 0.164 e. The van der Waals surface area contributed by atoms with Crippen molar-refractivity contribution in [3.05, 3.63) is 47.3 Å². The quantitative estimate of drug-likeness (QED) is 0.861. The Morgan fingerprint density at radius 1 is 1.48 bits per heavy atom. The predicted octanol–water partition coefficient (Wildman–Crippen LogP) is 2.33. The van der Waals surface area contributed by atoms with Crippen LogP contribution in [0.5, 0.6) is 11.5 Å². The van der Waals surface area contributed by atoms with E-state index in [0.717, 1.165) is 34.7 Å². The Hall–Kier alpha value is -2.27. The van der Waals surface area contributed by atoms with Gasteiger partial charge >= 0.3 is 0 Å². The Bertz CT molecular complexity index is 721. The largest absolute Gasteiger partial charge is 0.493 e. The molecule has 5 nitrogen and oxygen atoms in total. The highest BCUT2D eigenvalue weighted by Gasteiger charge is 2.22. The van der Waals surface area contributed by atoms with Crippen LogP contribution in [-0.4, -0.2) is 30.1 Å². The topological polar surface area (TPSA) is 52.5 Å². The molecule has 23 heavy (non-hydrogen) atoms. The maximum absolute atomic E-state index is 11.4. The molecule has 1 aliphatic rings. The van der Waals surface area contributed by atoms with Crippen molar-refractivity contribution in [3.8, 4) is 11.5 Å². The summed E-state index contributed by atoms with van der Waals surface area (Å²) in [5.41, 5.74) is 3.00. The summed E-state index contributed by atoms with van der Waals surface area (Å²) < 4.78 is 13.2. The number of rotatable bonds is 5. The van der Waals surface area contributed by atoms with E-state index < -0.39 is 0 Å². The predicted molar refractivity (Wildman–Crippen MR) is 88.2 cm³/mol. The van der Waals surface area contributed by atoms with Crippen LogP contribution in [-0.2, 0) is 20.0 Å². The van der Waals surface area contributed by atoms with E-state index >= 15 is 0 Å². The summed E-state index contributed by atoms with van der Waals surface area (Å²) in [4.78, 5) is 11.4. The fourth-order valence-electron chi connectivity index (χ4n) is 2.91. The van der Waals surface area contributed by atoms with Gasteiger partial charge in [0, 0.05) is 37.1 Å². The molecule has 2 aromatic rings. The molecule has 0 spiro atoms. The zero-order valence-electron chi connectivity index (χ0n) is 13.8. The standard InChI is InChI=1S/C18H22N2O3/c1-12(21)14-8-16(20(2)10-14)9-19-15-7-13-5-4-6-17(22-3)18(13)23-11-15/h4-6,8,10,15,19H,7,9,11H2,1-3H3. The highest BCUT2D eigenvalue weighted by atomic mass is 16.5. The lowest BCUT2D eigenvalue weighted by Gasteiger charge is -2.27. The Kier molecular flexibility index (Phi) is 4.39. The second-order valence-corrected chi connectivity index (χ2v) is 5.93. The molecule has 1 N–H and O–H groups in total. The number of methoxy groups -OCH3 is 1. The number of aromatic nitrogens is 1. The van der Waals surface area contributed by atoms with Crippen molar-refractivity contribution >= 4 is 5.78 Å². The van der Waals surface area contributed by atoms with Gasteiger partial charge in [0.05, 0.1) is 7.11 Å². The Morgan fingerprint density at radius 2 is 2.30 bits per heavy atom. The molecule has 0 bridgehead atoms. The van der Waals surface area contributed by atoms with Gasteiger partial charge in [-0.25, -0.2) is 0 Å². The molecular formula is C18H22N2O3. The number of ether oxygens (including phenoxy) is 2. The van der Waals surface area contributed by atoms with Crippen LogP contribution in [0.25, 0.3) is 0 Å². The van der Waals surface area contributed by atoms with Gasteiger partial charge in [-0.2, -0.15) is 0 Å². The summed E-state index contributed by atoms with van der Waals surface area (Å²) in [5, 5.41) is 3.51. The number of carbonyl (C=O) groups excluding carboxylic acids is 1. The second-order valence-electron chi connectivity index (χ2n) is 5.93. The third-order valence-corrected chi connectivity index (χ3v) is 4.26. The zero-order valence-corrected chi connectivity index (χ0v) is 13.8. The number of fused-ring (bicyclic) bond motifs is 1. The van der Waals surface area contributed by atoms with Crippen molar-refractivity contribution in [2.75, 3.05) is 13.7 Å². The van der Waals surface area contributed by atoms with Crippen LogP contribution in [0.2, 0.25) is 0 Å². The Morgan fingerprint density at radius 3 is 3.00 bits per heavy atom. The van der Waals surface area contributed by atoms with Crippen molar-refractivity contribution in [2.24, 2.45) is 7.05 Å². The summed E-state index contributed by atoms with van der Waals surface area (Å²) in [7, 11) is 3.62. The Labute approximate surface area is 136 Å². The minimum absolute atomic E-state index is 0.0915. The summed E-state index contributed by atoms with van der Waals surface area (Å²) in [6.45, 7) is 2.90. The molecule has 5 heteroatoms. The van der Waals surface area contributed by atoms with Gasteiger partial charge in [-0.3, -0.25) is 4.79 Å². The molecule has 1 unspecified atom stereocenters. The molecule has 1 aromatic heterocycles. The number of carbonyl (C=O) groups is 1. The number of benzene rings is 1. The van der Waals surface area contributed by atoms with Gasteiger partial charge in [0.15, 0.2) is 17.3 Å². The first-order chi connectivity index (χ1) is 11.1. The molecule has 122 valence electrons. The molecule has 0 saturated carbocycles. The number of hydrogen-bond donors (Lipinski definition) is 1. The number of ketones is 1. The number of nitrogens with zero attached hydrogens (tertiary/aromatic N) is 1. The SMILES string of the molecule is COc1cccc2c1OCC(NCc1cc(C(C)=O)cn1C)C2. The van der Waals surface area contributed by atoms with E-state index in [1.54, 1.807) is 14.0 Å². The van der Waals surface area contributed by atoms with Gasteiger partial charge < -0.3 is 19.4 Å². The molecule has 1 aromatic carbocycles. The van der Waals surface area contributed by atoms with Gasteiger partial charge in [0.1, 0.15) is 6.61 Å². The monoisotopic (exact) mass is 314 g/mol. The van der Waals surface area contributed by atoms with Crippen LogP contribution >= 0.6 is 0 Å². The van der Waals surface area contributed by atoms with E-state index in [0.29, 0.717) is 13.2 Å². The molecule has 3 rings (SSSR count). The summed E-state index contributed by atoms with van der Waals surface area (Å²) in [6.07, 6.45) is 2.77. The van der Waals surface area contributed by atoms with Crippen molar-refractivity contribution in [1.82, 2.24) is 9.88 Å². The van der Waals surface area contributed by atoms with Crippen LogP contribution in [0, 0.1) is 0 Å². The van der Waals surface area contributed by atoms with E-state index in [1.165, 1.54) is 0 Å². The summed E-state index contributed by atoms with van der Waals surface area (Å²) >= 11 is 0. The molecule has 0 amide bonds. The van der Waals surface area contributed by atoms with Gasteiger partial charge in [0.2, 0.25) is 0 Å². The fraction of sp³-hybridized carbons (Fsp3) is 0.389. The molecule has 0 radical (unpaired) electrons. The maximum atomic E-state index is 11.4. The van der Waals surface area contributed by atoms with E-state index in [9.17, 15) is 4.79 Å². The average Bonchev–Trinajstić information content (AvgIpc) is 2.93. The number of hydrogen-bond acceptors (Lipinski definition) is 4. The van der Waals surface area contributed by atoms with Gasteiger partial charge in [-0.1, -0.05) is 12.1 Å². The van der Waals surface area contributed by atoms with Crippen molar-refractivity contribution in [1.29, 1.82) is 0 Å². The molecule has 0 saturated heterocycles. The van der Waals surface area contributed by atoms with Gasteiger partial charge in [-0.15, -0.1) is 0 Å². The number of aryl methyl sites for hydroxylation is 1. The van der Waals surface area contributed by atoms with Crippen LogP contribution in [0.3, 0.4) is 0 Å². The third-order valence-electron chi connectivity index (χ3n) is 4.26. The van der Waals surface area contributed by atoms with Crippen LogP contribution in [0.15, 0.2) is 30.5 Å². The van der Waals surface area contributed by atoms with E-state index in [4.69, 9.17) is 9.47 Å². The van der Waals surface area contributed by atoms with E-state index in [-0.39, 0.29) is 11.8 Å². The van der Waals surface area contributed by atoms with Crippen LogP contribution < -0.4 is 14.8 Å². The summed E-state index contributed by atoms with van der Waals surface area (Å²) in [6, 6.07) is 8.16. The van der Waals surface area contributed by atoms with Crippen molar-refractivity contribution in [3.63, 3.8) is 0 Å². The zero-order chi connectivity index (χ0) is 16.4. The molecule has 1 aliphatic heterocycles. The minimum Gasteiger partial charge on any atom is -0.493 e. The van der Waals surface area contributed by atoms with E-state index in [2.05, 4.69) is 11.4 Å². The first kappa shape index (κ1) is 15.6. The highest BCUT2D eigenvalue weighted by molar-refractivity contribution is 5.94. The number of para-hydroxylation sites is 1. The molecule has 1 atom stereocenters. The smallest absolute Gasteiger partial charge is 0.164 e. The lowest BCUT2D eigenvalue weighted by molar-refractivity contribution is 0.101. The highest BCUT2D eigenvalue weighted by Crippen LogP contribution is 2.34. The van der Waals surface area contributed by atoms with Gasteiger partial charge in [-0.05, 0) is 31.0 Å². The lowest BCUT2D eigenvalue weighted by Crippen LogP contribution is -2.39. The normalized spacial score (nSPS) is 16.6. The van der Waals surface area contributed by atoms with Crippen LogP contribution in [0.1, 0.15) is 28.5 Å².